The van der Waals surface area contributed by atoms with Crippen molar-refractivity contribution in [3.63, 3.8) is 0 Å². The van der Waals surface area contributed by atoms with Crippen molar-refractivity contribution < 1.29 is 8.80 Å². The highest BCUT2D eigenvalue weighted by Gasteiger charge is 2.46. The molecule has 1 fully saturated rings. The maximum Gasteiger partial charge on any atom is 0.299 e. The molecule has 19 heavy (non-hydrogen) atoms. The van der Waals surface area contributed by atoms with Crippen LogP contribution in [-0.2, 0) is 4.79 Å². The van der Waals surface area contributed by atoms with Crippen molar-refractivity contribution in [2.75, 3.05) is 13.6 Å². The van der Waals surface area contributed by atoms with E-state index < -0.39 is 0 Å². The van der Waals surface area contributed by atoms with Gasteiger partial charge in [0.1, 0.15) is 11.9 Å². The zero-order chi connectivity index (χ0) is 13.6. The topological polar surface area (TPSA) is 45.0 Å². The van der Waals surface area contributed by atoms with Crippen LogP contribution < -0.4 is 0 Å². The predicted octanol–water partition coefficient (Wildman–Crippen LogP) is 2.36. The van der Waals surface area contributed by atoms with Gasteiger partial charge in [-0.15, -0.1) is 4.00 Å². The van der Waals surface area contributed by atoms with E-state index in [0.717, 1.165) is 24.4 Å². The normalized spacial score (nSPS) is 33.8. The summed E-state index contributed by atoms with van der Waals surface area (Å²) in [6, 6.07) is 0. The Hall–Kier alpha value is -0.980. The molecule has 3 rings (SSSR count). The standard InChI is InChI=1S/C12H13BrClN4O/c1-17-4-2-8(6-10(17)19)11-9-7-15-3-5-18(9,14)12(13)16-11/h3,5,7-8H,2,4,6H2,1H3/q+1. The van der Waals surface area contributed by atoms with Crippen LogP contribution in [0.4, 0.5) is 0 Å². The zero-order valence-corrected chi connectivity index (χ0v) is 12.7. The van der Waals surface area contributed by atoms with Crippen LogP contribution >= 0.6 is 27.7 Å². The number of hydrogen-bond donors (Lipinski definition) is 0. The highest BCUT2D eigenvalue weighted by Crippen LogP contribution is 2.41. The van der Waals surface area contributed by atoms with Gasteiger partial charge in [-0.25, -0.2) is 0 Å². The Morgan fingerprint density at radius 2 is 2.37 bits per heavy atom. The minimum atomic E-state index is -0.0145. The first-order valence-corrected chi connectivity index (χ1v) is 7.18. The molecule has 0 spiro atoms. The van der Waals surface area contributed by atoms with Gasteiger partial charge in [0, 0.05) is 41.9 Å². The number of allylic oxidation sites excluding steroid dienone is 2. The first-order valence-electron chi connectivity index (χ1n) is 6.05. The Morgan fingerprint density at radius 1 is 1.58 bits per heavy atom. The van der Waals surface area contributed by atoms with E-state index >= 15 is 0 Å². The summed E-state index contributed by atoms with van der Waals surface area (Å²) in [4.78, 5) is 22.3. The van der Waals surface area contributed by atoms with E-state index in [2.05, 4.69) is 25.9 Å². The molecule has 7 heteroatoms. The number of carbonyl (C=O) groups excluding carboxylic acids is 1. The number of aliphatic imine (C=N–C) groups is 2. The molecule has 0 N–H and O–H groups in total. The van der Waals surface area contributed by atoms with E-state index in [4.69, 9.17) is 11.8 Å². The minimum Gasteiger partial charge on any atom is -0.346 e. The molecule has 0 radical (unpaired) electrons. The van der Waals surface area contributed by atoms with E-state index in [-0.39, 0.29) is 15.8 Å². The average molecular weight is 345 g/mol. The summed E-state index contributed by atoms with van der Waals surface area (Å²) in [5, 5.41) is 0. The second-order valence-corrected chi connectivity index (χ2v) is 6.11. The molecule has 0 saturated carbocycles. The summed E-state index contributed by atoms with van der Waals surface area (Å²) in [7, 11) is 1.83. The van der Waals surface area contributed by atoms with Crippen molar-refractivity contribution in [1.82, 2.24) is 4.90 Å². The van der Waals surface area contributed by atoms with E-state index in [9.17, 15) is 4.79 Å². The third-order valence-corrected chi connectivity index (χ3v) is 5.09. The van der Waals surface area contributed by atoms with Crippen LogP contribution in [0.5, 0.6) is 0 Å². The number of halogens is 2. The Morgan fingerprint density at radius 3 is 3.11 bits per heavy atom. The van der Waals surface area contributed by atoms with Crippen LogP contribution in [0.1, 0.15) is 12.8 Å². The third kappa shape index (κ3) is 1.98. The van der Waals surface area contributed by atoms with E-state index in [0.29, 0.717) is 11.2 Å². The Labute approximate surface area is 124 Å². The molecule has 0 aliphatic carbocycles. The zero-order valence-electron chi connectivity index (χ0n) is 10.4. The van der Waals surface area contributed by atoms with Crippen molar-refractivity contribution in [2.24, 2.45) is 15.9 Å². The number of rotatable bonds is 1. The van der Waals surface area contributed by atoms with Gasteiger partial charge in [0.15, 0.2) is 11.8 Å². The quantitative estimate of drug-likeness (QED) is 0.532. The maximum absolute atomic E-state index is 11.8. The summed E-state index contributed by atoms with van der Waals surface area (Å²) < 4.78 is 0.604. The fraction of sp³-hybridized carbons (Fsp3) is 0.417. The Bertz CT molecular complexity index is 568. The van der Waals surface area contributed by atoms with Gasteiger partial charge < -0.3 is 4.90 Å². The monoisotopic (exact) mass is 343 g/mol. The highest BCUT2D eigenvalue weighted by molar-refractivity contribution is 9.18. The van der Waals surface area contributed by atoms with E-state index in [1.807, 2.05) is 7.05 Å². The van der Waals surface area contributed by atoms with Gasteiger partial charge in [-0.05, 0) is 6.42 Å². The largest absolute Gasteiger partial charge is 0.346 e. The molecule has 0 aromatic carbocycles. The molecule has 1 saturated heterocycles. The second-order valence-electron chi connectivity index (χ2n) is 4.87. The molecule has 3 aliphatic heterocycles. The molecule has 0 aromatic rings. The lowest BCUT2D eigenvalue weighted by molar-refractivity contribution is -0.595. The second kappa shape index (κ2) is 4.54. The van der Waals surface area contributed by atoms with Crippen molar-refractivity contribution in [1.29, 1.82) is 0 Å². The molecule has 5 nitrogen and oxygen atoms in total. The number of nitrogens with zero attached hydrogens (tertiary/aromatic N) is 4. The molecule has 3 aliphatic rings. The fourth-order valence-electron chi connectivity index (χ4n) is 2.51. The first kappa shape index (κ1) is 13.0. The average Bonchev–Trinajstić information content (AvgIpc) is 2.66. The number of hydrogen-bond acceptors (Lipinski definition) is 3. The summed E-state index contributed by atoms with van der Waals surface area (Å²) in [6.07, 6.45) is 6.51. The lowest BCUT2D eigenvalue weighted by Crippen LogP contribution is -2.37. The van der Waals surface area contributed by atoms with Crippen molar-refractivity contribution >= 4 is 44.6 Å². The van der Waals surface area contributed by atoms with Crippen LogP contribution in [-0.4, -0.2) is 39.4 Å². The molecular formula is C12H13BrClN4O+. The van der Waals surface area contributed by atoms with E-state index in [1.54, 1.807) is 23.5 Å². The van der Waals surface area contributed by atoms with Gasteiger partial charge >= 0.3 is 0 Å². The predicted molar refractivity (Wildman–Crippen MR) is 77.5 cm³/mol. The first-order chi connectivity index (χ1) is 9.02. The Balaban J connectivity index is 1.97. The molecule has 0 bridgehead atoms. The van der Waals surface area contributed by atoms with Crippen LogP contribution in [0.25, 0.3) is 0 Å². The van der Waals surface area contributed by atoms with Gasteiger partial charge in [0.2, 0.25) is 11.6 Å². The highest BCUT2D eigenvalue weighted by atomic mass is 79.9. The molecule has 3 heterocycles. The van der Waals surface area contributed by atoms with Crippen LogP contribution in [0, 0.1) is 5.92 Å². The smallest absolute Gasteiger partial charge is 0.299 e. The van der Waals surface area contributed by atoms with Crippen LogP contribution in [0.15, 0.2) is 33.8 Å². The summed E-state index contributed by atoms with van der Waals surface area (Å²) in [5.41, 5.74) is 1.70. The number of likely N-dealkylation sites (tertiary alicyclic amines) is 1. The molecular weight excluding hydrogens is 332 g/mol. The van der Waals surface area contributed by atoms with Gasteiger partial charge in [-0.3, -0.25) is 9.79 Å². The molecule has 100 valence electrons. The summed E-state index contributed by atoms with van der Waals surface area (Å²) in [6.45, 7) is 0.753. The number of amides is 1. The van der Waals surface area contributed by atoms with Gasteiger partial charge in [0.25, 0.3) is 4.74 Å². The lowest BCUT2D eigenvalue weighted by Gasteiger charge is -2.28. The number of piperidine rings is 1. The molecule has 0 aromatic heterocycles. The minimum absolute atomic E-state index is 0.0145. The van der Waals surface area contributed by atoms with E-state index in [1.165, 1.54) is 0 Å². The van der Waals surface area contributed by atoms with Crippen molar-refractivity contribution in [3.8, 4) is 0 Å². The van der Waals surface area contributed by atoms with Crippen LogP contribution in [0.2, 0.25) is 0 Å². The maximum atomic E-state index is 11.8. The molecule has 2 atom stereocenters. The summed E-state index contributed by atoms with van der Waals surface area (Å²) in [5.74, 6) is 0.265. The van der Waals surface area contributed by atoms with Crippen LogP contribution in [0.3, 0.4) is 0 Å². The van der Waals surface area contributed by atoms with Crippen molar-refractivity contribution in [3.05, 3.63) is 23.8 Å². The molecule has 1 amide bonds. The number of fused-ring (bicyclic) bond motifs is 1. The van der Waals surface area contributed by atoms with Gasteiger partial charge in [0.05, 0.1) is 12.4 Å². The Kier molecular flexibility index (Phi) is 3.11. The van der Waals surface area contributed by atoms with Crippen molar-refractivity contribution in [2.45, 2.75) is 12.8 Å². The molecule has 2 unspecified atom stereocenters. The SMILES string of the molecule is CN1CCC(C2=C3C=NC=C[N+]3(Cl)C(Br)=N2)CC1=O. The van der Waals surface area contributed by atoms with Gasteiger partial charge in [-0.2, -0.15) is 4.99 Å². The fourth-order valence-corrected chi connectivity index (χ4v) is 3.23. The summed E-state index contributed by atoms with van der Waals surface area (Å²) >= 11 is 9.94. The number of quaternary nitrogens is 1. The number of carbonyl (C=O) groups is 1. The third-order valence-electron chi connectivity index (χ3n) is 3.70. The van der Waals surface area contributed by atoms with Gasteiger partial charge in [-0.1, -0.05) is 0 Å². The lowest BCUT2D eigenvalue weighted by atomic mass is 9.92. The number of amidine groups is 1.